The Hall–Kier alpha value is -1.31. The number of hydrogen-bond donors (Lipinski definition) is 1. The van der Waals surface area contributed by atoms with Crippen molar-refractivity contribution in [3.05, 3.63) is 48.2 Å². The van der Waals surface area contributed by atoms with Crippen molar-refractivity contribution in [2.24, 2.45) is 11.7 Å². The lowest BCUT2D eigenvalue weighted by Crippen LogP contribution is -2.27. The van der Waals surface area contributed by atoms with Crippen LogP contribution in [0.4, 0.5) is 4.39 Å². The van der Waals surface area contributed by atoms with Crippen LogP contribution in [0.2, 0.25) is 0 Å². The van der Waals surface area contributed by atoms with Gasteiger partial charge in [0.1, 0.15) is 0 Å². The van der Waals surface area contributed by atoms with Gasteiger partial charge >= 0.3 is 0 Å². The minimum Gasteiger partial charge on any atom is -0.399 e. The molecule has 1 aliphatic rings. The highest BCUT2D eigenvalue weighted by atomic mass is 19.1. The Bertz CT molecular complexity index is 374. The van der Waals surface area contributed by atoms with Gasteiger partial charge < -0.3 is 5.73 Å². The van der Waals surface area contributed by atoms with E-state index in [0.717, 1.165) is 18.4 Å². The van der Waals surface area contributed by atoms with Gasteiger partial charge in [-0.2, -0.15) is 0 Å². The fourth-order valence-corrected chi connectivity index (χ4v) is 2.08. The van der Waals surface area contributed by atoms with Gasteiger partial charge in [-0.25, -0.2) is 4.39 Å². The van der Waals surface area contributed by atoms with Crippen LogP contribution in [-0.2, 0) is 0 Å². The first-order valence-corrected chi connectivity index (χ1v) is 6.15. The van der Waals surface area contributed by atoms with E-state index in [1.165, 1.54) is 6.08 Å². The zero-order valence-corrected chi connectivity index (χ0v) is 10.8. The number of nitrogens with two attached hydrogens (primary N) is 1. The van der Waals surface area contributed by atoms with E-state index in [9.17, 15) is 4.39 Å². The fraction of sp³-hybridized carbons (Fsp3) is 0.467. The molecule has 17 heavy (non-hydrogen) atoms. The SMILES string of the molecule is C=C/C(=C(\C(N)=C/C)C(F)(C=C)CC)C1CC1. The molecule has 1 fully saturated rings. The molecule has 0 spiro atoms. The second-order valence-corrected chi connectivity index (χ2v) is 4.47. The molecule has 0 saturated heterocycles. The van der Waals surface area contributed by atoms with Gasteiger partial charge in [-0.05, 0) is 37.7 Å². The molecule has 94 valence electrons. The van der Waals surface area contributed by atoms with Crippen molar-refractivity contribution in [2.75, 3.05) is 0 Å². The number of rotatable bonds is 6. The van der Waals surface area contributed by atoms with Crippen molar-refractivity contribution in [1.29, 1.82) is 0 Å². The van der Waals surface area contributed by atoms with E-state index < -0.39 is 5.67 Å². The Morgan fingerprint density at radius 1 is 1.47 bits per heavy atom. The summed E-state index contributed by atoms with van der Waals surface area (Å²) >= 11 is 0. The van der Waals surface area contributed by atoms with Crippen molar-refractivity contribution in [2.45, 2.75) is 38.8 Å². The zero-order valence-electron chi connectivity index (χ0n) is 10.8. The molecule has 0 heterocycles. The second kappa shape index (κ2) is 5.35. The van der Waals surface area contributed by atoms with Crippen LogP contribution < -0.4 is 5.73 Å². The van der Waals surface area contributed by atoms with E-state index in [2.05, 4.69) is 13.2 Å². The smallest absolute Gasteiger partial charge is 0.155 e. The summed E-state index contributed by atoms with van der Waals surface area (Å²) in [5.74, 6) is 0.419. The monoisotopic (exact) mass is 235 g/mol. The first-order chi connectivity index (χ1) is 8.03. The summed E-state index contributed by atoms with van der Waals surface area (Å²) in [6.45, 7) is 11.0. The Morgan fingerprint density at radius 3 is 2.35 bits per heavy atom. The molecular formula is C15H22FN. The van der Waals surface area contributed by atoms with Crippen molar-refractivity contribution in [1.82, 2.24) is 0 Å². The highest BCUT2D eigenvalue weighted by molar-refractivity contribution is 5.48. The van der Waals surface area contributed by atoms with E-state index in [1.54, 1.807) is 19.1 Å². The summed E-state index contributed by atoms with van der Waals surface area (Å²) in [5, 5.41) is 0. The van der Waals surface area contributed by atoms with E-state index in [4.69, 9.17) is 5.73 Å². The van der Waals surface area contributed by atoms with E-state index in [1.807, 2.05) is 6.92 Å². The van der Waals surface area contributed by atoms with Crippen molar-refractivity contribution in [3.63, 3.8) is 0 Å². The molecule has 1 nitrogen and oxygen atoms in total. The number of halogens is 1. The minimum absolute atomic E-state index is 0.338. The molecule has 0 aromatic heterocycles. The van der Waals surface area contributed by atoms with Crippen LogP contribution in [0.1, 0.15) is 33.1 Å². The van der Waals surface area contributed by atoms with Crippen LogP contribution >= 0.6 is 0 Å². The van der Waals surface area contributed by atoms with Crippen molar-refractivity contribution >= 4 is 0 Å². The molecule has 0 amide bonds. The van der Waals surface area contributed by atoms with E-state index >= 15 is 0 Å². The maximum Gasteiger partial charge on any atom is 0.155 e. The highest BCUT2D eigenvalue weighted by Gasteiger charge is 2.36. The van der Waals surface area contributed by atoms with E-state index in [0.29, 0.717) is 23.6 Å². The molecule has 1 rings (SSSR count). The fourth-order valence-electron chi connectivity index (χ4n) is 2.08. The average molecular weight is 235 g/mol. The number of hydrogen-bond acceptors (Lipinski definition) is 1. The Balaban J connectivity index is 3.38. The highest BCUT2D eigenvalue weighted by Crippen LogP contribution is 2.44. The molecule has 1 aliphatic carbocycles. The van der Waals surface area contributed by atoms with Gasteiger partial charge in [-0.15, -0.1) is 0 Å². The van der Waals surface area contributed by atoms with Crippen LogP contribution in [0.25, 0.3) is 0 Å². The summed E-state index contributed by atoms with van der Waals surface area (Å²) < 4.78 is 14.8. The molecule has 2 N–H and O–H groups in total. The normalized spacial score (nSPS) is 21.5. The first kappa shape index (κ1) is 13.8. The molecule has 1 unspecified atom stereocenters. The molecule has 0 aliphatic heterocycles. The Kier molecular flexibility index (Phi) is 4.33. The van der Waals surface area contributed by atoms with Gasteiger partial charge in [0.2, 0.25) is 0 Å². The summed E-state index contributed by atoms with van der Waals surface area (Å²) in [6.07, 6.45) is 7.37. The lowest BCUT2D eigenvalue weighted by Gasteiger charge is -2.26. The zero-order chi connectivity index (χ0) is 13.1. The maximum atomic E-state index is 14.8. The topological polar surface area (TPSA) is 26.0 Å². The number of allylic oxidation sites excluding steroid dienone is 5. The minimum atomic E-state index is -1.55. The predicted molar refractivity (Wildman–Crippen MR) is 72.2 cm³/mol. The summed E-state index contributed by atoms with van der Waals surface area (Å²) in [4.78, 5) is 0. The van der Waals surface area contributed by atoms with E-state index in [-0.39, 0.29) is 0 Å². The van der Waals surface area contributed by atoms with Gasteiger partial charge in [0.15, 0.2) is 5.67 Å². The molecule has 2 heteroatoms. The van der Waals surface area contributed by atoms with Gasteiger partial charge in [-0.1, -0.05) is 38.3 Å². The lowest BCUT2D eigenvalue weighted by atomic mass is 9.85. The third-order valence-electron chi connectivity index (χ3n) is 3.38. The quantitative estimate of drug-likeness (QED) is 0.545. The molecule has 0 radical (unpaired) electrons. The average Bonchev–Trinajstić information content (AvgIpc) is 3.18. The van der Waals surface area contributed by atoms with Gasteiger partial charge in [0.25, 0.3) is 0 Å². The van der Waals surface area contributed by atoms with Crippen LogP contribution in [0.5, 0.6) is 0 Å². The van der Waals surface area contributed by atoms with Crippen LogP contribution in [-0.4, -0.2) is 5.67 Å². The van der Waals surface area contributed by atoms with Gasteiger partial charge in [-0.3, -0.25) is 0 Å². The molecule has 0 aromatic carbocycles. The van der Waals surface area contributed by atoms with Crippen LogP contribution in [0, 0.1) is 5.92 Å². The van der Waals surface area contributed by atoms with Crippen LogP contribution in [0.3, 0.4) is 0 Å². The van der Waals surface area contributed by atoms with Crippen molar-refractivity contribution in [3.8, 4) is 0 Å². The molecule has 0 bridgehead atoms. The second-order valence-electron chi connectivity index (χ2n) is 4.47. The summed E-state index contributed by atoms with van der Waals surface area (Å²) in [5.41, 5.74) is 6.42. The van der Waals surface area contributed by atoms with Crippen LogP contribution in [0.15, 0.2) is 48.2 Å². The standard InChI is InChI=1S/C15H22FN/c1-5-12(11-9-10-11)14(13(17)6-2)15(16,7-3)8-4/h5-7,11H,1,3,8-10,17H2,2,4H3/b13-6+,14-12-. The molecular weight excluding hydrogens is 213 g/mol. The van der Waals surface area contributed by atoms with Gasteiger partial charge in [0.05, 0.1) is 0 Å². The third-order valence-corrected chi connectivity index (χ3v) is 3.38. The number of alkyl halides is 1. The molecule has 1 saturated carbocycles. The summed E-state index contributed by atoms with van der Waals surface area (Å²) in [7, 11) is 0. The third kappa shape index (κ3) is 2.68. The molecule has 1 atom stereocenters. The summed E-state index contributed by atoms with van der Waals surface area (Å²) in [6, 6.07) is 0. The maximum absolute atomic E-state index is 14.8. The first-order valence-electron chi connectivity index (χ1n) is 6.15. The van der Waals surface area contributed by atoms with Crippen molar-refractivity contribution < 1.29 is 4.39 Å². The Labute approximate surface area is 104 Å². The Morgan fingerprint density at radius 2 is 2.06 bits per heavy atom. The molecule has 0 aromatic rings. The lowest BCUT2D eigenvalue weighted by molar-refractivity contribution is 0.272. The predicted octanol–water partition coefficient (Wildman–Crippen LogP) is 4.05. The van der Waals surface area contributed by atoms with Gasteiger partial charge in [0, 0.05) is 11.3 Å². The largest absolute Gasteiger partial charge is 0.399 e.